The summed E-state index contributed by atoms with van der Waals surface area (Å²) < 4.78 is 0. The summed E-state index contributed by atoms with van der Waals surface area (Å²) in [6.45, 7) is 2.80. The average Bonchev–Trinajstić information content (AvgIpc) is 2.89. The van der Waals surface area contributed by atoms with E-state index in [4.69, 9.17) is 11.6 Å². The molecule has 1 fully saturated rings. The van der Waals surface area contributed by atoms with Crippen LogP contribution in [0.5, 0.6) is 0 Å². The Morgan fingerprint density at radius 3 is 2.76 bits per heavy atom. The number of halogens is 1. The van der Waals surface area contributed by atoms with Gasteiger partial charge in [-0.05, 0) is 12.6 Å². The van der Waals surface area contributed by atoms with Gasteiger partial charge in [0.05, 0.1) is 17.5 Å². The molecule has 21 heavy (non-hydrogen) atoms. The van der Waals surface area contributed by atoms with E-state index in [9.17, 15) is 5.11 Å². The molecule has 6 heteroatoms. The third-order valence-electron chi connectivity index (χ3n) is 3.80. The fraction of sp³-hybridized carbons (Fsp3) is 0.400. The predicted molar refractivity (Wildman–Crippen MR) is 87.1 cm³/mol. The highest BCUT2D eigenvalue weighted by atomic mass is 35.5. The van der Waals surface area contributed by atoms with Crippen LogP contribution in [0.25, 0.3) is 0 Å². The molecule has 0 radical (unpaired) electrons. The summed E-state index contributed by atoms with van der Waals surface area (Å²) in [5.74, 6) is 0. The van der Waals surface area contributed by atoms with Crippen molar-refractivity contribution in [2.45, 2.75) is 12.6 Å². The van der Waals surface area contributed by atoms with Crippen LogP contribution in [-0.2, 0) is 6.61 Å². The maximum absolute atomic E-state index is 9.31. The van der Waals surface area contributed by atoms with Crippen LogP contribution in [0.1, 0.15) is 16.5 Å². The fourth-order valence-electron chi connectivity index (χ4n) is 2.65. The number of thiazole rings is 1. The first kappa shape index (κ1) is 14.8. The van der Waals surface area contributed by atoms with Crippen molar-refractivity contribution in [2.24, 2.45) is 0 Å². The van der Waals surface area contributed by atoms with Gasteiger partial charge in [0.2, 0.25) is 0 Å². The first-order valence-electron chi connectivity index (χ1n) is 6.95. The minimum atomic E-state index is -0.0553. The van der Waals surface area contributed by atoms with Gasteiger partial charge in [-0.2, -0.15) is 0 Å². The number of hydrogen-bond acceptors (Lipinski definition) is 5. The van der Waals surface area contributed by atoms with Crippen molar-refractivity contribution in [3.05, 3.63) is 45.9 Å². The highest BCUT2D eigenvalue weighted by Gasteiger charge is 2.29. The lowest BCUT2D eigenvalue weighted by atomic mass is 10.0. The highest BCUT2D eigenvalue weighted by molar-refractivity contribution is 7.16. The SMILES string of the molecule is CN1CCN(c2nc(Cl)c(CO)s2)C(c2ccccc2)C1. The van der Waals surface area contributed by atoms with Crippen molar-refractivity contribution in [3.63, 3.8) is 0 Å². The molecular formula is C15H18ClN3OS. The zero-order chi connectivity index (χ0) is 14.8. The van der Waals surface area contributed by atoms with Crippen LogP contribution < -0.4 is 4.90 Å². The van der Waals surface area contributed by atoms with E-state index in [0.29, 0.717) is 5.15 Å². The van der Waals surface area contributed by atoms with Gasteiger partial charge in [-0.15, -0.1) is 0 Å². The van der Waals surface area contributed by atoms with Gasteiger partial charge in [-0.25, -0.2) is 4.98 Å². The van der Waals surface area contributed by atoms with Gasteiger partial charge < -0.3 is 14.9 Å². The number of benzene rings is 1. The summed E-state index contributed by atoms with van der Waals surface area (Å²) in [6, 6.07) is 10.7. The molecule has 2 heterocycles. The molecule has 0 saturated carbocycles. The molecule has 1 atom stereocenters. The second-order valence-electron chi connectivity index (χ2n) is 5.25. The van der Waals surface area contributed by atoms with E-state index in [2.05, 4.69) is 46.1 Å². The van der Waals surface area contributed by atoms with Gasteiger partial charge in [0.25, 0.3) is 0 Å². The quantitative estimate of drug-likeness (QED) is 0.943. The molecule has 0 amide bonds. The maximum Gasteiger partial charge on any atom is 0.187 e. The van der Waals surface area contributed by atoms with E-state index < -0.39 is 0 Å². The lowest BCUT2D eigenvalue weighted by molar-refractivity contribution is 0.269. The molecule has 0 bridgehead atoms. The monoisotopic (exact) mass is 323 g/mol. The van der Waals surface area contributed by atoms with Crippen LogP contribution in [0.2, 0.25) is 5.15 Å². The Labute approximate surface area is 133 Å². The van der Waals surface area contributed by atoms with Crippen molar-refractivity contribution in [3.8, 4) is 0 Å². The van der Waals surface area contributed by atoms with Gasteiger partial charge in [-0.3, -0.25) is 0 Å². The number of hydrogen-bond donors (Lipinski definition) is 1. The van der Waals surface area contributed by atoms with E-state index >= 15 is 0 Å². The molecule has 1 aromatic carbocycles. The average molecular weight is 324 g/mol. The molecule has 0 aliphatic carbocycles. The van der Waals surface area contributed by atoms with E-state index in [0.717, 1.165) is 29.6 Å². The number of nitrogens with zero attached hydrogens (tertiary/aromatic N) is 3. The molecule has 1 unspecified atom stereocenters. The van der Waals surface area contributed by atoms with Gasteiger partial charge in [0.15, 0.2) is 5.13 Å². The summed E-state index contributed by atoms with van der Waals surface area (Å²) in [7, 11) is 2.14. The summed E-state index contributed by atoms with van der Waals surface area (Å²) in [5, 5.41) is 10.6. The molecule has 1 saturated heterocycles. The Morgan fingerprint density at radius 1 is 1.33 bits per heavy atom. The van der Waals surface area contributed by atoms with Crippen LogP contribution in [0.15, 0.2) is 30.3 Å². The number of aliphatic hydroxyl groups is 1. The number of aliphatic hydroxyl groups excluding tert-OH is 1. The van der Waals surface area contributed by atoms with Crippen molar-refractivity contribution in [1.82, 2.24) is 9.88 Å². The van der Waals surface area contributed by atoms with E-state index in [-0.39, 0.29) is 12.6 Å². The molecule has 4 nitrogen and oxygen atoms in total. The van der Waals surface area contributed by atoms with Crippen LogP contribution in [0.4, 0.5) is 5.13 Å². The number of likely N-dealkylation sites (N-methyl/N-ethyl adjacent to an activating group) is 1. The van der Waals surface area contributed by atoms with E-state index in [1.165, 1.54) is 16.9 Å². The van der Waals surface area contributed by atoms with Crippen molar-refractivity contribution in [2.75, 3.05) is 31.6 Å². The van der Waals surface area contributed by atoms with Gasteiger partial charge in [0, 0.05) is 19.6 Å². The molecule has 1 aliphatic rings. The molecule has 1 aromatic heterocycles. The summed E-state index contributed by atoms with van der Waals surface area (Å²) in [5.41, 5.74) is 1.28. The van der Waals surface area contributed by atoms with Gasteiger partial charge in [0.1, 0.15) is 5.15 Å². The standard InChI is InChI=1S/C15H18ClN3OS/c1-18-7-8-19(15-17-14(16)13(10-20)21-15)12(9-18)11-5-3-2-4-6-11/h2-6,12,20H,7-10H2,1H3. The fourth-order valence-corrected chi connectivity index (χ4v) is 3.84. The Balaban J connectivity index is 1.94. The zero-order valence-corrected chi connectivity index (χ0v) is 13.4. The molecule has 1 aliphatic heterocycles. The minimum Gasteiger partial charge on any atom is -0.391 e. The highest BCUT2D eigenvalue weighted by Crippen LogP contribution is 2.36. The van der Waals surface area contributed by atoms with E-state index in [1.54, 1.807) is 0 Å². The smallest absolute Gasteiger partial charge is 0.187 e. The van der Waals surface area contributed by atoms with Crippen LogP contribution in [0, 0.1) is 0 Å². The Hall–Kier alpha value is -1.14. The Kier molecular flexibility index (Phi) is 4.45. The second kappa shape index (κ2) is 6.32. The topological polar surface area (TPSA) is 39.6 Å². The molecule has 112 valence electrons. The zero-order valence-electron chi connectivity index (χ0n) is 11.9. The Morgan fingerprint density at radius 2 is 2.10 bits per heavy atom. The molecule has 1 N–H and O–H groups in total. The lowest BCUT2D eigenvalue weighted by Crippen LogP contribution is -2.46. The summed E-state index contributed by atoms with van der Waals surface area (Å²) >= 11 is 7.57. The van der Waals surface area contributed by atoms with Crippen LogP contribution >= 0.6 is 22.9 Å². The molecule has 3 rings (SSSR count). The molecular weight excluding hydrogens is 306 g/mol. The number of rotatable bonds is 3. The van der Waals surface area contributed by atoms with Crippen molar-refractivity contribution >= 4 is 28.1 Å². The third-order valence-corrected chi connectivity index (χ3v) is 5.30. The third kappa shape index (κ3) is 3.06. The lowest BCUT2D eigenvalue weighted by Gasteiger charge is -2.40. The van der Waals surface area contributed by atoms with E-state index in [1.807, 2.05) is 6.07 Å². The number of aromatic nitrogens is 1. The minimum absolute atomic E-state index is 0.0553. The van der Waals surface area contributed by atoms with Crippen molar-refractivity contribution < 1.29 is 5.11 Å². The number of piperazine rings is 1. The largest absolute Gasteiger partial charge is 0.391 e. The first-order valence-corrected chi connectivity index (χ1v) is 8.14. The summed E-state index contributed by atoms with van der Waals surface area (Å²) in [6.07, 6.45) is 0. The predicted octanol–water partition coefficient (Wildman–Crippen LogP) is 2.78. The summed E-state index contributed by atoms with van der Waals surface area (Å²) in [4.78, 5) is 9.80. The number of anilines is 1. The Bertz CT molecular complexity index is 604. The molecule has 2 aromatic rings. The van der Waals surface area contributed by atoms with Crippen molar-refractivity contribution in [1.29, 1.82) is 0 Å². The first-order chi connectivity index (χ1) is 10.2. The second-order valence-corrected chi connectivity index (χ2v) is 6.67. The van der Waals surface area contributed by atoms with Crippen LogP contribution in [-0.4, -0.2) is 41.7 Å². The normalized spacial score (nSPS) is 20.0. The maximum atomic E-state index is 9.31. The van der Waals surface area contributed by atoms with Gasteiger partial charge >= 0.3 is 0 Å². The molecule has 0 spiro atoms. The van der Waals surface area contributed by atoms with Crippen LogP contribution in [0.3, 0.4) is 0 Å². The van der Waals surface area contributed by atoms with Gasteiger partial charge in [-0.1, -0.05) is 53.3 Å².